The summed E-state index contributed by atoms with van der Waals surface area (Å²) in [6, 6.07) is -0.997. The smallest absolute Gasteiger partial charge is 0.249 e. The lowest BCUT2D eigenvalue weighted by Gasteiger charge is -2.40. The maximum Gasteiger partial charge on any atom is 0.249 e. The van der Waals surface area contributed by atoms with Gasteiger partial charge >= 0.3 is 0 Å². The van der Waals surface area contributed by atoms with Crippen molar-refractivity contribution in [1.29, 1.82) is 0 Å². The number of aliphatic hydroxyl groups is 6. The van der Waals surface area contributed by atoms with Gasteiger partial charge < -0.3 is 45.4 Å². The quantitative estimate of drug-likeness (QED) is 0.0418. The van der Waals surface area contributed by atoms with Crippen molar-refractivity contribution >= 4 is 5.91 Å². The molecule has 0 aliphatic carbocycles. The molecular formula is C38H69NO9. The van der Waals surface area contributed by atoms with Crippen molar-refractivity contribution in [2.75, 3.05) is 13.2 Å². The fourth-order valence-electron chi connectivity index (χ4n) is 5.59. The molecule has 0 spiro atoms. The molecule has 0 aromatic carbocycles. The number of hydrogen-bond donors (Lipinski definition) is 7. The SMILES string of the molecule is CCCC/C=C/CC/C=C/CC/C=C/C(O)C(COC1OC(CO)C(O)C(O)C1O)NC(=O)C(O)CCCCCCCCCCCCC. The van der Waals surface area contributed by atoms with Crippen LogP contribution in [0.25, 0.3) is 0 Å². The van der Waals surface area contributed by atoms with E-state index >= 15 is 0 Å². The third-order valence-electron chi connectivity index (χ3n) is 8.80. The molecule has 1 aliphatic heterocycles. The van der Waals surface area contributed by atoms with Gasteiger partial charge in [-0.2, -0.15) is 0 Å². The van der Waals surface area contributed by atoms with Gasteiger partial charge in [-0.05, 0) is 38.5 Å². The Morgan fingerprint density at radius 1 is 0.708 bits per heavy atom. The van der Waals surface area contributed by atoms with E-state index in [2.05, 4.69) is 43.5 Å². The van der Waals surface area contributed by atoms with Crippen LogP contribution in [-0.4, -0.2) is 98.7 Å². The van der Waals surface area contributed by atoms with Crippen LogP contribution in [0.3, 0.4) is 0 Å². The lowest BCUT2D eigenvalue weighted by molar-refractivity contribution is -0.302. The highest BCUT2D eigenvalue weighted by molar-refractivity contribution is 5.80. The van der Waals surface area contributed by atoms with Gasteiger partial charge in [-0.3, -0.25) is 4.79 Å². The molecule has 1 aliphatic rings. The van der Waals surface area contributed by atoms with Crippen molar-refractivity contribution in [2.45, 2.75) is 185 Å². The molecule has 48 heavy (non-hydrogen) atoms. The second kappa shape index (κ2) is 29.1. The summed E-state index contributed by atoms with van der Waals surface area (Å²) >= 11 is 0. The van der Waals surface area contributed by atoms with Gasteiger partial charge in [0, 0.05) is 0 Å². The average molecular weight is 684 g/mol. The van der Waals surface area contributed by atoms with Gasteiger partial charge in [0.2, 0.25) is 5.91 Å². The second-order valence-electron chi connectivity index (χ2n) is 13.1. The zero-order valence-electron chi connectivity index (χ0n) is 29.8. The van der Waals surface area contributed by atoms with Crippen molar-refractivity contribution in [3.8, 4) is 0 Å². The average Bonchev–Trinajstić information content (AvgIpc) is 3.08. The molecule has 0 aromatic heterocycles. The van der Waals surface area contributed by atoms with Crippen molar-refractivity contribution in [1.82, 2.24) is 5.32 Å². The molecule has 1 saturated heterocycles. The maximum absolute atomic E-state index is 12.9. The first-order valence-electron chi connectivity index (χ1n) is 18.8. The van der Waals surface area contributed by atoms with Gasteiger partial charge in [-0.25, -0.2) is 0 Å². The monoisotopic (exact) mass is 683 g/mol. The van der Waals surface area contributed by atoms with Crippen molar-refractivity contribution in [3.05, 3.63) is 36.5 Å². The number of carbonyl (C=O) groups is 1. The second-order valence-corrected chi connectivity index (χ2v) is 13.1. The molecule has 8 atom stereocenters. The maximum atomic E-state index is 12.9. The number of rotatable bonds is 29. The first kappa shape index (κ1) is 44.4. The van der Waals surface area contributed by atoms with E-state index in [1.165, 1.54) is 57.8 Å². The number of ether oxygens (including phenoxy) is 2. The van der Waals surface area contributed by atoms with Gasteiger partial charge in [0.05, 0.1) is 25.4 Å². The number of nitrogens with one attached hydrogen (secondary N) is 1. The Kier molecular flexibility index (Phi) is 26.9. The van der Waals surface area contributed by atoms with Crippen LogP contribution in [0.15, 0.2) is 36.5 Å². The third kappa shape index (κ3) is 20.1. The van der Waals surface area contributed by atoms with E-state index < -0.39 is 61.5 Å². The summed E-state index contributed by atoms with van der Waals surface area (Å²) in [5, 5.41) is 64.1. The fraction of sp³-hybridized carbons (Fsp3) is 0.816. The third-order valence-corrected chi connectivity index (χ3v) is 8.80. The van der Waals surface area contributed by atoms with Gasteiger partial charge in [0.25, 0.3) is 0 Å². The fourth-order valence-corrected chi connectivity index (χ4v) is 5.59. The Labute approximate surface area is 290 Å². The molecular weight excluding hydrogens is 614 g/mol. The minimum absolute atomic E-state index is 0.302. The molecule has 1 heterocycles. The van der Waals surface area contributed by atoms with Crippen LogP contribution in [0.1, 0.15) is 136 Å². The standard InChI is InChI=1S/C38H69NO9/c1-3-5-7-9-11-13-15-17-18-20-22-24-26-31(41)30(29-47-38-36(45)35(44)34(43)33(28-40)48-38)39-37(46)32(42)27-25-23-21-19-16-14-12-10-8-6-4-2/h9,11,17-18,24,26,30-36,38,40-45H,3-8,10,12-16,19-23,25,27-29H2,1-2H3,(H,39,46)/b11-9+,18-17+,26-24+. The van der Waals surface area contributed by atoms with Crippen LogP contribution in [0.4, 0.5) is 0 Å². The topological polar surface area (TPSA) is 169 Å². The summed E-state index contributed by atoms with van der Waals surface area (Å²) in [6.45, 7) is 3.48. The molecule has 1 amide bonds. The van der Waals surface area contributed by atoms with Gasteiger partial charge in [-0.15, -0.1) is 0 Å². The first-order chi connectivity index (χ1) is 23.3. The number of hydrogen-bond acceptors (Lipinski definition) is 9. The number of unbranched alkanes of at least 4 members (excludes halogenated alkanes) is 14. The molecule has 1 rings (SSSR count). The van der Waals surface area contributed by atoms with E-state index in [0.717, 1.165) is 44.9 Å². The summed E-state index contributed by atoms with van der Waals surface area (Å²) in [7, 11) is 0. The summed E-state index contributed by atoms with van der Waals surface area (Å²) in [4.78, 5) is 12.9. The summed E-state index contributed by atoms with van der Waals surface area (Å²) in [6.07, 6.45) is 22.4. The molecule has 8 unspecified atom stereocenters. The van der Waals surface area contributed by atoms with E-state index in [0.29, 0.717) is 19.3 Å². The van der Waals surface area contributed by atoms with Gasteiger partial charge in [0.15, 0.2) is 6.29 Å². The molecule has 10 nitrogen and oxygen atoms in total. The Morgan fingerprint density at radius 3 is 1.79 bits per heavy atom. The molecule has 0 radical (unpaired) electrons. The molecule has 1 fully saturated rings. The Morgan fingerprint density at radius 2 is 1.23 bits per heavy atom. The molecule has 0 bridgehead atoms. The molecule has 10 heteroatoms. The lowest BCUT2D eigenvalue weighted by atomic mass is 9.99. The van der Waals surface area contributed by atoms with Crippen LogP contribution >= 0.6 is 0 Å². The van der Waals surface area contributed by atoms with Crippen molar-refractivity contribution in [2.24, 2.45) is 0 Å². The Hall–Kier alpha value is -1.63. The zero-order valence-corrected chi connectivity index (χ0v) is 29.8. The lowest BCUT2D eigenvalue weighted by Crippen LogP contribution is -2.60. The normalized spacial score (nSPS) is 23.7. The van der Waals surface area contributed by atoms with E-state index in [-0.39, 0.29) is 6.61 Å². The number of amides is 1. The highest BCUT2D eigenvalue weighted by Gasteiger charge is 2.44. The molecule has 7 N–H and O–H groups in total. The molecule has 0 aromatic rings. The van der Waals surface area contributed by atoms with Crippen LogP contribution in [0, 0.1) is 0 Å². The zero-order chi connectivity index (χ0) is 35.4. The number of allylic oxidation sites excluding steroid dienone is 5. The van der Waals surface area contributed by atoms with E-state index in [1.807, 2.05) is 6.08 Å². The summed E-state index contributed by atoms with van der Waals surface area (Å²) in [5.74, 6) is -0.636. The summed E-state index contributed by atoms with van der Waals surface area (Å²) in [5.41, 5.74) is 0. The van der Waals surface area contributed by atoms with E-state index in [1.54, 1.807) is 6.08 Å². The minimum atomic E-state index is -1.61. The minimum Gasteiger partial charge on any atom is -0.394 e. The number of aliphatic hydroxyl groups excluding tert-OH is 6. The van der Waals surface area contributed by atoms with Crippen LogP contribution < -0.4 is 5.32 Å². The predicted molar refractivity (Wildman–Crippen MR) is 190 cm³/mol. The van der Waals surface area contributed by atoms with Gasteiger partial charge in [0.1, 0.15) is 30.5 Å². The Balaban J connectivity index is 2.59. The molecule has 0 saturated carbocycles. The first-order valence-corrected chi connectivity index (χ1v) is 18.8. The molecule has 280 valence electrons. The Bertz CT molecular complexity index is 865. The van der Waals surface area contributed by atoms with Crippen molar-refractivity contribution in [3.63, 3.8) is 0 Å². The van der Waals surface area contributed by atoms with E-state index in [9.17, 15) is 35.4 Å². The highest BCUT2D eigenvalue weighted by atomic mass is 16.7. The number of carbonyl (C=O) groups excluding carboxylic acids is 1. The highest BCUT2D eigenvalue weighted by Crippen LogP contribution is 2.22. The largest absolute Gasteiger partial charge is 0.394 e. The summed E-state index contributed by atoms with van der Waals surface area (Å²) < 4.78 is 11.0. The van der Waals surface area contributed by atoms with Crippen molar-refractivity contribution < 1.29 is 44.9 Å². The van der Waals surface area contributed by atoms with Crippen LogP contribution in [-0.2, 0) is 14.3 Å². The van der Waals surface area contributed by atoms with Crippen LogP contribution in [0.5, 0.6) is 0 Å². The predicted octanol–water partition coefficient (Wildman–Crippen LogP) is 5.13. The van der Waals surface area contributed by atoms with Crippen LogP contribution in [0.2, 0.25) is 0 Å². The van der Waals surface area contributed by atoms with Gasteiger partial charge in [-0.1, -0.05) is 134 Å². The van der Waals surface area contributed by atoms with E-state index in [4.69, 9.17) is 9.47 Å².